The van der Waals surface area contributed by atoms with E-state index in [0.717, 1.165) is 6.07 Å². The third kappa shape index (κ3) is 1.62. The van der Waals surface area contributed by atoms with Gasteiger partial charge in [0.25, 0.3) is 0 Å². The maximum Gasteiger partial charge on any atom is 0.449 e. The lowest BCUT2D eigenvalue weighted by Gasteiger charge is -1.99. The molecular weight excluding hydrogens is 201 g/mol. The number of hydrogen-bond donors (Lipinski definition) is 1. The summed E-state index contributed by atoms with van der Waals surface area (Å²) in [6, 6.07) is 2.06. The van der Waals surface area contributed by atoms with Crippen LogP contribution >= 0.6 is 0 Å². The first-order valence-corrected chi connectivity index (χ1v) is 3.95. The van der Waals surface area contributed by atoms with Crippen LogP contribution in [0.5, 0.6) is 0 Å². The predicted molar refractivity (Wildman–Crippen MR) is 38.4 cm³/mol. The van der Waals surface area contributed by atoms with Crippen molar-refractivity contribution in [3.05, 3.63) is 23.7 Å². The van der Waals surface area contributed by atoms with Crippen LogP contribution in [0, 0.1) is 0 Å². The number of ether oxygens (including phenoxy) is 1. The van der Waals surface area contributed by atoms with Crippen LogP contribution in [0.25, 0.3) is 0 Å². The van der Waals surface area contributed by atoms with Crippen LogP contribution in [-0.2, 0) is 10.9 Å². The van der Waals surface area contributed by atoms with Crippen LogP contribution in [0.2, 0.25) is 0 Å². The highest BCUT2D eigenvalue weighted by atomic mass is 19.4. The van der Waals surface area contributed by atoms with Crippen molar-refractivity contribution < 1.29 is 27.4 Å². The molecule has 0 spiro atoms. The number of epoxide rings is 1. The summed E-state index contributed by atoms with van der Waals surface area (Å²) in [5, 5.41) is 8.62. The standard InChI is InChI=1S/C8H7F3O3/c9-8(10,11)6-2-1-4(13-6)7-5(3-12)14-7/h1-2,5,7,12H,3H2/t5-,7+/m1/s1. The first kappa shape index (κ1) is 9.54. The zero-order valence-corrected chi connectivity index (χ0v) is 6.91. The summed E-state index contributed by atoms with van der Waals surface area (Å²) >= 11 is 0. The lowest BCUT2D eigenvalue weighted by atomic mass is 10.2. The number of aliphatic hydroxyl groups is 1. The number of aliphatic hydroxyl groups excluding tert-OH is 1. The van der Waals surface area contributed by atoms with Crippen molar-refractivity contribution in [2.24, 2.45) is 0 Å². The summed E-state index contributed by atoms with van der Waals surface area (Å²) in [5.74, 6) is -0.934. The molecule has 6 heteroatoms. The molecule has 1 aromatic heterocycles. The fraction of sp³-hybridized carbons (Fsp3) is 0.500. The average Bonchev–Trinajstić information content (AvgIpc) is 2.71. The molecule has 1 aromatic rings. The molecule has 0 radical (unpaired) electrons. The van der Waals surface area contributed by atoms with Crippen molar-refractivity contribution in [1.82, 2.24) is 0 Å². The summed E-state index contributed by atoms with van der Waals surface area (Å²) in [7, 11) is 0. The van der Waals surface area contributed by atoms with Gasteiger partial charge >= 0.3 is 6.18 Å². The van der Waals surface area contributed by atoms with E-state index in [0.29, 0.717) is 0 Å². The lowest BCUT2D eigenvalue weighted by Crippen LogP contribution is -2.02. The van der Waals surface area contributed by atoms with Crippen LogP contribution in [0.3, 0.4) is 0 Å². The van der Waals surface area contributed by atoms with E-state index < -0.39 is 24.1 Å². The lowest BCUT2D eigenvalue weighted by molar-refractivity contribution is -0.153. The molecule has 14 heavy (non-hydrogen) atoms. The van der Waals surface area contributed by atoms with Crippen LogP contribution in [0.4, 0.5) is 13.2 Å². The maximum atomic E-state index is 12.1. The molecule has 1 aliphatic rings. The summed E-state index contributed by atoms with van der Waals surface area (Å²) in [6.07, 6.45) is -5.43. The van der Waals surface area contributed by atoms with Gasteiger partial charge in [0.05, 0.1) is 6.61 Å². The van der Waals surface area contributed by atoms with Crippen LogP contribution in [-0.4, -0.2) is 17.8 Å². The minimum Gasteiger partial charge on any atom is -0.454 e. The minimum atomic E-state index is -4.47. The monoisotopic (exact) mass is 208 g/mol. The first-order valence-electron chi connectivity index (χ1n) is 3.95. The molecule has 1 aliphatic heterocycles. The summed E-state index contributed by atoms with van der Waals surface area (Å²) in [4.78, 5) is 0. The minimum absolute atomic E-state index is 0.108. The van der Waals surface area contributed by atoms with Crippen molar-refractivity contribution in [1.29, 1.82) is 0 Å². The van der Waals surface area contributed by atoms with E-state index in [1.807, 2.05) is 0 Å². The van der Waals surface area contributed by atoms with E-state index in [1.54, 1.807) is 0 Å². The Labute approximate surface area is 77.1 Å². The maximum absolute atomic E-state index is 12.1. The van der Waals surface area contributed by atoms with Gasteiger partial charge in [-0.1, -0.05) is 0 Å². The van der Waals surface area contributed by atoms with Gasteiger partial charge in [-0.05, 0) is 12.1 Å². The molecule has 0 bridgehead atoms. The van der Waals surface area contributed by atoms with E-state index in [2.05, 4.69) is 4.42 Å². The molecule has 3 nitrogen and oxygen atoms in total. The van der Waals surface area contributed by atoms with E-state index >= 15 is 0 Å². The van der Waals surface area contributed by atoms with Gasteiger partial charge in [0.1, 0.15) is 18.0 Å². The van der Waals surface area contributed by atoms with E-state index in [9.17, 15) is 13.2 Å². The Balaban J connectivity index is 2.12. The van der Waals surface area contributed by atoms with Crippen molar-refractivity contribution in [2.75, 3.05) is 6.61 Å². The van der Waals surface area contributed by atoms with Gasteiger partial charge in [-0.2, -0.15) is 13.2 Å². The van der Waals surface area contributed by atoms with Crippen LogP contribution in [0.15, 0.2) is 16.5 Å². The molecule has 0 saturated carbocycles. The van der Waals surface area contributed by atoms with Gasteiger partial charge in [0.15, 0.2) is 0 Å². The zero-order chi connectivity index (χ0) is 10.3. The number of halogens is 3. The Morgan fingerprint density at radius 1 is 1.36 bits per heavy atom. The van der Waals surface area contributed by atoms with Crippen LogP contribution in [0.1, 0.15) is 17.6 Å². The SMILES string of the molecule is OC[C@H]1O[C@H]1c1ccc(C(F)(F)F)o1. The number of hydrogen-bond acceptors (Lipinski definition) is 3. The normalized spacial score (nSPS) is 26.6. The predicted octanol–water partition coefficient (Wildman–Crippen LogP) is 1.73. The van der Waals surface area contributed by atoms with Crippen molar-refractivity contribution >= 4 is 0 Å². The smallest absolute Gasteiger partial charge is 0.449 e. The quantitative estimate of drug-likeness (QED) is 0.753. The fourth-order valence-electron chi connectivity index (χ4n) is 1.19. The molecule has 0 aliphatic carbocycles. The molecule has 0 amide bonds. The van der Waals surface area contributed by atoms with Gasteiger partial charge in [-0.25, -0.2) is 0 Å². The Hall–Kier alpha value is -1.01. The number of furan rings is 1. The first-order chi connectivity index (χ1) is 6.52. The highest BCUT2D eigenvalue weighted by Crippen LogP contribution is 2.41. The second-order valence-corrected chi connectivity index (χ2v) is 2.98. The third-order valence-electron chi connectivity index (χ3n) is 1.95. The van der Waals surface area contributed by atoms with Crippen molar-refractivity contribution in [3.63, 3.8) is 0 Å². The van der Waals surface area contributed by atoms with Gasteiger partial charge in [-0.3, -0.25) is 0 Å². The summed E-state index contributed by atoms with van der Waals surface area (Å²) < 4.78 is 45.7. The highest BCUT2D eigenvalue weighted by molar-refractivity contribution is 5.16. The molecule has 2 heterocycles. The Morgan fingerprint density at radius 2 is 2.07 bits per heavy atom. The van der Waals surface area contributed by atoms with Crippen molar-refractivity contribution in [3.8, 4) is 0 Å². The molecule has 1 N–H and O–H groups in total. The molecule has 2 rings (SSSR count). The van der Waals surface area contributed by atoms with Gasteiger partial charge in [0.2, 0.25) is 5.76 Å². The van der Waals surface area contributed by atoms with E-state index in [-0.39, 0.29) is 12.4 Å². The molecule has 1 fully saturated rings. The van der Waals surface area contributed by atoms with Gasteiger partial charge in [-0.15, -0.1) is 0 Å². The topological polar surface area (TPSA) is 45.9 Å². The second-order valence-electron chi connectivity index (χ2n) is 2.98. The average molecular weight is 208 g/mol. The second kappa shape index (κ2) is 2.99. The zero-order valence-electron chi connectivity index (χ0n) is 6.91. The summed E-state index contributed by atoms with van der Waals surface area (Å²) in [6.45, 7) is -0.216. The molecular formula is C8H7F3O3. The van der Waals surface area contributed by atoms with Crippen molar-refractivity contribution in [2.45, 2.75) is 18.4 Å². The number of rotatable bonds is 2. The molecule has 0 aromatic carbocycles. The van der Waals surface area contributed by atoms with Gasteiger partial charge in [0, 0.05) is 0 Å². The fourth-order valence-corrected chi connectivity index (χ4v) is 1.19. The summed E-state index contributed by atoms with van der Waals surface area (Å²) in [5.41, 5.74) is 0. The molecule has 1 saturated heterocycles. The van der Waals surface area contributed by atoms with Gasteiger partial charge < -0.3 is 14.3 Å². The largest absolute Gasteiger partial charge is 0.454 e. The highest BCUT2D eigenvalue weighted by Gasteiger charge is 2.44. The van der Waals surface area contributed by atoms with E-state index in [1.165, 1.54) is 6.07 Å². The Bertz CT molecular complexity index is 331. The third-order valence-corrected chi connectivity index (χ3v) is 1.95. The molecule has 2 atom stereocenters. The van der Waals surface area contributed by atoms with E-state index in [4.69, 9.17) is 9.84 Å². The Kier molecular flexibility index (Phi) is 2.04. The molecule has 0 unspecified atom stereocenters. The number of alkyl halides is 3. The van der Waals surface area contributed by atoms with Crippen LogP contribution < -0.4 is 0 Å². The Morgan fingerprint density at radius 3 is 2.50 bits per heavy atom. The molecule has 78 valence electrons.